The second-order valence-corrected chi connectivity index (χ2v) is 5.40. The Hall–Kier alpha value is -2.48. The highest BCUT2D eigenvalue weighted by Crippen LogP contribution is 2.26. The summed E-state index contributed by atoms with van der Waals surface area (Å²) in [5.74, 6) is -0.746. The number of aliphatic carboxylic acids is 1. The van der Waals surface area contributed by atoms with Gasteiger partial charge in [-0.2, -0.15) is 4.98 Å². The molecule has 0 spiro atoms. The molecule has 0 saturated carbocycles. The van der Waals surface area contributed by atoms with Gasteiger partial charge >= 0.3 is 5.97 Å². The number of nitrogens with zero attached hydrogens (tertiary/aromatic N) is 3. The van der Waals surface area contributed by atoms with Crippen LogP contribution in [-0.2, 0) is 17.8 Å². The van der Waals surface area contributed by atoms with E-state index in [-0.39, 0.29) is 12.3 Å². The molecule has 0 amide bonds. The number of aromatic nitrogens is 2. The second-order valence-electron chi connectivity index (χ2n) is 5.40. The maximum atomic E-state index is 13.9. The molecular weight excluding hydrogens is 317 g/mol. The Labute approximate surface area is 139 Å². The standard InChI is InChI=1S/C16H20FN3O4/c1-4-5-13-18-14(24-19-13)9-20(2)15(16(21)22)10-6-7-12(23-3)11(17)8-10/h6-8,15H,4-5,9H2,1-3H3,(H,21,22)/t15-/m0/s1. The highest BCUT2D eigenvalue weighted by atomic mass is 19.1. The maximum absolute atomic E-state index is 13.9. The highest BCUT2D eigenvalue weighted by molar-refractivity contribution is 5.75. The predicted molar refractivity (Wildman–Crippen MR) is 83.1 cm³/mol. The smallest absolute Gasteiger partial charge is 0.325 e. The molecule has 130 valence electrons. The van der Waals surface area contributed by atoms with Crippen molar-refractivity contribution in [2.75, 3.05) is 14.2 Å². The van der Waals surface area contributed by atoms with Crippen molar-refractivity contribution in [2.45, 2.75) is 32.4 Å². The lowest BCUT2D eigenvalue weighted by Crippen LogP contribution is -2.30. The van der Waals surface area contributed by atoms with Gasteiger partial charge < -0.3 is 14.4 Å². The van der Waals surface area contributed by atoms with Crippen LogP contribution in [0.5, 0.6) is 5.75 Å². The third kappa shape index (κ3) is 4.08. The summed E-state index contributed by atoms with van der Waals surface area (Å²) >= 11 is 0. The molecule has 0 aliphatic rings. The van der Waals surface area contributed by atoms with Crippen LogP contribution in [0.25, 0.3) is 0 Å². The van der Waals surface area contributed by atoms with Crippen LogP contribution >= 0.6 is 0 Å². The lowest BCUT2D eigenvalue weighted by Gasteiger charge is -2.23. The third-order valence-corrected chi connectivity index (χ3v) is 3.53. The van der Waals surface area contributed by atoms with E-state index in [1.165, 1.54) is 24.1 Å². The van der Waals surface area contributed by atoms with Gasteiger partial charge in [0.2, 0.25) is 5.89 Å². The summed E-state index contributed by atoms with van der Waals surface area (Å²) in [6.07, 6.45) is 1.58. The molecule has 8 heteroatoms. The lowest BCUT2D eigenvalue weighted by atomic mass is 10.1. The zero-order chi connectivity index (χ0) is 17.7. The molecule has 0 unspecified atom stereocenters. The zero-order valence-electron chi connectivity index (χ0n) is 13.8. The van der Waals surface area contributed by atoms with E-state index in [0.29, 0.717) is 23.7 Å². The number of likely N-dealkylation sites (N-methyl/N-ethyl adjacent to an activating group) is 1. The summed E-state index contributed by atoms with van der Waals surface area (Å²) in [7, 11) is 2.95. The van der Waals surface area contributed by atoms with Crippen LogP contribution in [0.4, 0.5) is 4.39 Å². The number of hydrogen-bond donors (Lipinski definition) is 1. The molecule has 2 rings (SSSR count). The van der Waals surface area contributed by atoms with Gasteiger partial charge in [-0.1, -0.05) is 18.1 Å². The van der Waals surface area contributed by atoms with Gasteiger partial charge in [-0.3, -0.25) is 9.69 Å². The third-order valence-electron chi connectivity index (χ3n) is 3.53. The number of halogens is 1. The van der Waals surface area contributed by atoms with Crippen LogP contribution in [0.15, 0.2) is 22.7 Å². The molecule has 2 aromatic rings. The first-order valence-electron chi connectivity index (χ1n) is 7.54. The average molecular weight is 337 g/mol. The van der Waals surface area contributed by atoms with Crippen LogP contribution in [0, 0.1) is 5.82 Å². The van der Waals surface area contributed by atoms with Gasteiger partial charge in [0.1, 0.15) is 6.04 Å². The van der Waals surface area contributed by atoms with Gasteiger partial charge in [0.25, 0.3) is 0 Å². The molecule has 0 aliphatic heterocycles. The molecule has 7 nitrogen and oxygen atoms in total. The molecule has 0 aliphatic carbocycles. The van der Waals surface area contributed by atoms with Crippen molar-refractivity contribution in [3.8, 4) is 5.75 Å². The van der Waals surface area contributed by atoms with Gasteiger partial charge in [0.15, 0.2) is 17.4 Å². The SMILES string of the molecule is CCCc1noc(CN(C)[C@H](C(=O)O)c2ccc(OC)c(F)c2)n1. The molecule has 1 atom stereocenters. The van der Waals surface area contributed by atoms with Gasteiger partial charge in [-0.25, -0.2) is 4.39 Å². The van der Waals surface area contributed by atoms with Crippen molar-refractivity contribution < 1.29 is 23.6 Å². The van der Waals surface area contributed by atoms with E-state index < -0.39 is 17.8 Å². The number of hydrogen-bond acceptors (Lipinski definition) is 6. The van der Waals surface area contributed by atoms with Crippen LogP contribution < -0.4 is 4.74 Å². The van der Waals surface area contributed by atoms with E-state index in [4.69, 9.17) is 9.26 Å². The number of aryl methyl sites for hydroxylation is 1. The molecule has 1 aromatic heterocycles. The molecular formula is C16H20FN3O4. The fraction of sp³-hybridized carbons (Fsp3) is 0.438. The normalized spacial score (nSPS) is 12.4. The Bertz CT molecular complexity index is 704. The molecule has 1 aromatic carbocycles. The summed E-state index contributed by atoms with van der Waals surface area (Å²) in [6.45, 7) is 2.14. The van der Waals surface area contributed by atoms with E-state index in [1.807, 2.05) is 6.92 Å². The average Bonchev–Trinajstić information content (AvgIpc) is 2.94. The summed E-state index contributed by atoms with van der Waals surface area (Å²) < 4.78 is 23.9. The number of benzene rings is 1. The van der Waals surface area contributed by atoms with Gasteiger partial charge in [-0.15, -0.1) is 0 Å². The van der Waals surface area contributed by atoms with Crippen molar-refractivity contribution in [1.82, 2.24) is 15.0 Å². The Kier molecular flexibility index (Phi) is 5.86. The van der Waals surface area contributed by atoms with Crippen LogP contribution in [0.1, 0.15) is 36.7 Å². The molecule has 1 N–H and O–H groups in total. The first-order chi connectivity index (χ1) is 11.5. The van der Waals surface area contributed by atoms with Crippen molar-refractivity contribution in [1.29, 1.82) is 0 Å². The quantitative estimate of drug-likeness (QED) is 0.791. The van der Waals surface area contributed by atoms with Crippen molar-refractivity contribution >= 4 is 5.97 Å². The van der Waals surface area contributed by atoms with Gasteiger partial charge in [-0.05, 0) is 31.2 Å². The Morgan fingerprint density at radius 1 is 1.50 bits per heavy atom. The van der Waals surface area contributed by atoms with E-state index in [1.54, 1.807) is 7.05 Å². The van der Waals surface area contributed by atoms with Crippen LogP contribution in [0.3, 0.4) is 0 Å². The number of rotatable bonds is 8. The Morgan fingerprint density at radius 2 is 2.25 bits per heavy atom. The minimum absolute atomic E-state index is 0.0617. The fourth-order valence-corrected chi connectivity index (χ4v) is 2.42. The number of carboxylic acid groups (broad SMARTS) is 1. The summed E-state index contributed by atoms with van der Waals surface area (Å²) in [4.78, 5) is 17.4. The van der Waals surface area contributed by atoms with Gasteiger partial charge in [0.05, 0.1) is 13.7 Å². The monoisotopic (exact) mass is 337 g/mol. The van der Waals surface area contributed by atoms with Crippen molar-refractivity contribution in [3.63, 3.8) is 0 Å². The van der Waals surface area contributed by atoms with Gasteiger partial charge in [0, 0.05) is 6.42 Å². The van der Waals surface area contributed by atoms with Crippen molar-refractivity contribution in [3.05, 3.63) is 41.3 Å². The van der Waals surface area contributed by atoms with E-state index >= 15 is 0 Å². The number of methoxy groups -OCH3 is 1. The van der Waals surface area contributed by atoms with Crippen LogP contribution in [-0.4, -0.2) is 40.3 Å². The van der Waals surface area contributed by atoms with E-state index in [9.17, 15) is 14.3 Å². The minimum Gasteiger partial charge on any atom is -0.494 e. The topological polar surface area (TPSA) is 88.7 Å². The molecule has 0 radical (unpaired) electrons. The molecule has 0 fully saturated rings. The number of carboxylic acids is 1. The Morgan fingerprint density at radius 3 is 2.83 bits per heavy atom. The molecule has 24 heavy (non-hydrogen) atoms. The summed E-state index contributed by atoms with van der Waals surface area (Å²) in [5.41, 5.74) is 0.302. The predicted octanol–water partition coefficient (Wildman–Crippen LogP) is 2.43. The minimum atomic E-state index is -1.10. The second kappa shape index (κ2) is 7.87. The van der Waals surface area contributed by atoms with Crippen LogP contribution in [0.2, 0.25) is 0 Å². The zero-order valence-corrected chi connectivity index (χ0v) is 13.8. The summed E-state index contributed by atoms with van der Waals surface area (Å²) in [5, 5.41) is 13.4. The summed E-state index contributed by atoms with van der Waals surface area (Å²) in [6, 6.07) is 3.03. The Balaban J connectivity index is 2.19. The first-order valence-corrected chi connectivity index (χ1v) is 7.54. The largest absolute Gasteiger partial charge is 0.494 e. The number of ether oxygens (including phenoxy) is 1. The molecule has 0 bridgehead atoms. The maximum Gasteiger partial charge on any atom is 0.325 e. The first kappa shape index (κ1) is 17.9. The van der Waals surface area contributed by atoms with Crippen molar-refractivity contribution in [2.24, 2.45) is 0 Å². The molecule has 1 heterocycles. The molecule has 0 saturated heterocycles. The number of carbonyl (C=O) groups is 1. The van der Waals surface area contributed by atoms with E-state index in [0.717, 1.165) is 12.5 Å². The van der Waals surface area contributed by atoms with E-state index in [2.05, 4.69) is 10.1 Å². The fourth-order valence-electron chi connectivity index (χ4n) is 2.42. The highest BCUT2D eigenvalue weighted by Gasteiger charge is 2.27. The lowest BCUT2D eigenvalue weighted by molar-refractivity contribution is -0.143.